The lowest BCUT2D eigenvalue weighted by molar-refractivity contribution is 0.775. The third-order valence-electron chi connectivity index (χ3n) is 2.38. The van der Waals surface area contributed by atoms with Gasteiger partial charge in [-0.15, -0.1) is 0 Å². The van der Waals surface area contributed by atoms with Crippen molar-refractivity contribution in [2.45, 2.75) is 26.2 Å². The van der Waals surface area contributed by atoms with Gasteiger partial charge in [0.05, 0.1) is 5.69 Å². The Balaban J connectivity index is 2.43. The number of pyridine rings is 2. The fourth-order valence-electron chi connectivity index (χ4n) is 1.54. The maximum absolute atomic E-state index is 4.59. The first-order chi connectivity index (χ1) is 7.31. The average Bonchev–Trinajstić information content (AvgIpc) is 2.26. The van der Waals surface area contributed by atoms with Gasteiger partial charge < -0.3 is 0 Å². The Bertz CT molecular complexity index is 468. The number of hydrogen-bond acceptors (Lipinski definition) is 2. The number of halogens is 1. The van der Waals surface area contributed by atoms with Crippen LogP contribution in [0.5, 0.6) is 0 Å². The van der Waals surface area contributed by atoms with E-state index in [1.807, 2.05) is 6.07 Å². The zero-order chi connectivity index (χ0) is 10.7. The van der Waals surface area contributed by atoms with Gasteiger partial charge in [-0.1, -0.05) is 13.3 Å². The van der Waals surface area contributed by atoms with Gasteiger partial charge in [0.25, 0.3) is 0 Å². The molecule has 0 saturated heterocycles. The maximum atomic E-state index is 4.59. The molecule has 0 saturated carbocycles. The monoisotopic (exact) mass is 312 g/mol. The Morgan fingerprint density at radius 1 is 1.40 bits per heavy atom. The lowest BCUT2D eigenvalue weighted by atomic mass is 10.1. The molecule has 2 aromatic rings. The van der Waals surface area contributed by atoms with Gasteiger partial charge >= 0.3 is 0 Å². The first-order valence-electron chi connectivity index (χ1n) is 5.21. The van der Waals surface area contributed by atoms with Gasteiger partial charge in [-0.2, -0.15) is 0 Å². The quantitative estimate of drug-likeness (QED) is 0.810. The second-order valence-corrected chi connectivity index (χ2v) is 4.73. The number of rotatable bonds is 3. The Labute approximate surface area is 103 Å². The van der Waals surface area contributed by atoms with Crippen molar-refractivity contribution in [2.24, 2.45) is 0 Å². The lowest BCUT2D eigenvalue weighted by Gasteiger charge is -2.04. The van der Waals surface area contributed by atoms with Crippen LogP contribution in [0.15, 0.2) is 24.4 Å². The molecule has 78 valence electrons. The Morgan fingerprint density at radius 3 is 3.07 bits per heavy atom. The normalized spacial score (nSPS) is 10.8. The molecule has 0 bridgehead atoms. The molecule has 0 aliphatic carbocycles. The van der Waals surface area contributed by atoms with Gasteiger partial charge in [-0.05, 0) is 53.6 Å². The molecular weight excluding hydrogens is 299 g/mol. The zero-order valence-corrected chi connectivity index (χ0v) is 10.9. The molecule has 0 aliphatic heterocycles. The van der Waals surface area contributed by atoms with E-state index < -0.39 is 0 Å². The van der Waals surface area contributed by atoms with Gasteiger partial charge in [-0.3, -0.25) is 0 Å². The lowest BCUT2D eigenvalue weighted by Crippen LogP contribution is -1.96. The standard InChI is InChI=1S/C12H13IN2/c1-2-3-6-11-10(13)8-9-5-4-7-14-12(9)15-11/h4-5,7-8H,2-3,6H2,1H3. The summed E-state index contributed by atoms with van der Waals surface area (Å²) in [6.45, 7) is 2.20. The molecule has 15 heavy (non-hydrogen) atoms. The summed E-state index contributed by atoms with van der Waals surface area (Å²) in [6.07, 6.45) is 5.26. The van der Waals surface area contributed by atoms with E-state index in [1.165, 1.54) is 22.1 Å². The SMILES string of the molecule is CCCCc1nc2ncccc2cc1I. The van der Waals surface area contributed by atoms with Crippen molar-refractivity contribution in [1.82, 2.24) is 9.97 Å². The highest BCUT2D eigenvalue weighted by Gasteiger charge is 2.04. The molecule has 2 aromatic heterocycles. The van der Waals surface area contributed by atoms with Gasteiger partial charge in [0.15, 0.2) is 5.65 Å². The number of fused-ring (bicyclic) bond motifs is 1. The van der Waals surface area contributed by atoms with Crippen LogP contribution >= 0.6 is 22.6 Å². The first kappa shape index (κ1) is 10.8. The summed E-state index contributed by atoms with van der Waals surface area (Å²) < 4.78 is 1.25. The predicted molar refractivity (Wildman–Crippen MR) is 70.9 cm³/mol. The van der Waals surface area contributed by atoms with Gasteiger partial charge in [-0.25, -0.2) is 9.97 Å². The van der Waals surface area contributed by atoms with Crippen LogP contribution in [0.3, 0.4) is 0 Å². The Hall–Kier alpha value is -0.710. The van der Waals surface area contributed by atoms with Gasteiger partial charge in [0, 0.05) is 15.2 Å². The van der Waals surface area contributed by atoms with Crippen LogP contribution in [-0.4, -0.2) is 9.97 Å². The summed E-state index contributed by atoms with van der Waals surface area (Å²) in [5.41, 5.74) is 2.05. The summed E-state index contributed by atoms with van der Waals surface area (Å²) in [4.78, 5) is 8.87. The van der Waals surface area contributed by atoms with Crippen LogP contribution in [0.2, 0.25) is 0 Å². The molecule has 0 radical (unpaired) electrons. The van der Waals surface area contributed by atoms with Crippen LogP contribution in [0.4, 0.5) is 0 Å². The van der Waals surface area contributed by atoms with E-state index in [0.717, 1.165) is 17.5 Å². The van der Waals surface area contributed by atoms with Crippen molar-refractivity contribution in [1.29, 1.82) is 0 Å². The summed E-state index contributed by atoms with van der Waals surface area (Å²) in [6, 6.07) is 6.17. The first-order valence-corrected chi connectivity index (χ1v) is 6.29. The summed E-state index contributed by atoms with van der Waals surface area (Å²) in [5.74, 6) is 0. The minimum Gasteiger partial charge on any atom is -0.237 e. The average molecular weight is 312 g/mol. The van der Waals surface area contributed by atoms with E-state index >= 15 is 0 Å². The van der Waals surface area contributed by atoms with E-state index in [1.54, 1.807) is 6.20 Å². The van der Waals surface area contributed by atoms with Crippen molar-refractivity contribution < 1.29 is 0 Å². The van der Waals surface area contributed by atoms with Crippen molar-refractivity contribution >= 4 is 33.6 Å². The molecule has 0 atom stereocenters. The second kappa shape index (κ2) is 4.88. The van der Waals surface area contributed by atoms with Gasteiger partial charge in [0.1, 0.15) is 0 Å². The van der Waals surface area contributed by atoms with Crippen LogP contribution in [0.25, 0.3) is 11.0 Å². The number of nitrogens with zero attached hydrogens (tertiary/aromatic N) is 2. The molecule has 0 amide bonds. The largest absolute Gasteiger partial charge is 0.237 e. The molecule has 0 aromatic carbocycles. The summed E-state index contributed by atoms with van der Waals surface area (Å²) >= 11 is 2.36. The predicted octanol–water partition coefficient (Wildman–Crippen LogP) is 3.58. The highest BCUT2D eigenvalue weighted by atomic mass is 127. The van der Waals surface area contributed by atoms with Gasteiger partial charge in [0.2, 0.25) is 0 Å². The molecular formula is C12H13IN2. The molecule has 0 aliphatic rings. The van der Waals surface area contributed by atoms with Crippen molar-refractivity contribution in [3.05, 3.63) is 33.7 Å². The van der Waals surface area contributed by atoms with E-state index in [2.05, 4.69) is 51.6 Å². The molecule has 0 fully saturated rings. The molecule has 0 N–H and O–H groups in total. The third-order valence-corrected chi connectivity index (χ3v) is 3.32. The van der Waals surface area contributed by atoms with Crippen molar-refractivity contribution in [3.8, 4) is 0 Å². The minimum atomic E-state index is 0.865. The van der Waals surface area contributed by atoms with Crippen LogP contribution < -0.4 is 0 Å². The molecule has 0 unspecified atom stereocenters. The fraction of sp³-hybridized carbons (Fsp3) is 0.333. The Morgan fingerprint density at radius 2 is 2.27 bits per heavy atom. The van der Waals surface area contributed by atoms with Crippen LogP contribution in [0.1, 0.15) is 25.5 Å². The topological polar surface area (TPSA) is 25.8 Å². The molecule has 0 spiro atoms. The number of hydrogen-bond donors (Lipinski definition) is 0. The van der Waals surface area contributed by atoms with Crippen molar-refractivity contribution in [3.63, 3.8) is 0 Å². The van der Waals surface area contributed by atoms with Crippen molar-refractivity contribution in [2.75, 3.05) is 0 Å². The molecule has 2 heterocycles. The smallest absolute Gasteiger partial charge is 0.159 e. The number of aromatic nitrogens is 2. The number of unbranched alkanes of at least 4 members (excludes halogenated alkanes) is 1. The highest BCUT2D eigenvalue weighted by Crippen LogP contribution is 2.18. The van der Waals surface area contributed by atoms with E-state index in [0.29, 0.717) is 0 Å². The molecule has 3 heteroatoms. The number of aryl methyl sites for hydroxylation is 1. The minimum absolute atomic E-state index is 0.865. The van der Waals surface area contributed by atoms with Crippen LogP contribution in [0, 0.1) is 3.57 Å². The van der Waals surface area contributed by atoms with E-state index in [9.17, 15) is 0 Å². The maximum Gasteiger partial charge on any atom is 0.159 e. The van der Waals surface area contributed by atoms with Crippen LogP contribution in [-0.2, 0) is 6.42 Å². The summed E-state index contributed by atoms with van der Waals surface area (Å²) in [7, 11) is 0. The highest BCUT2D eigenvalue weighted by molar-refractivity contribution is 14.1. The molecule has 2 rings (SSSR count). The zero-order valence-electron chi connectivity index (χ0n) is 8.70. The molecule has 2 nitrogen and oxygen atoms in total. The van der Waals surface area contributed by atoms with E-state index in [4.69, 9.17) is 0 Å². The van der Waals surface area contributed by atoms with E-state index in [-0.39, 0.29) is 0 Å². The second-order valence-electron chi connectivity index (χ2n) is 3.57. The third kappa shape index (κ3) is 2.45. The fourth-order valence-corrected chi connectivity index (χ4v) is 2.26. The summed E-state index contributed by atoms with van der Waals surface area (Å²) in [5, 5.41) is 1.13. The Kier molecular flexibility index (Phi) is 3.51.